The van der Waals surface area contributed by atoms with E-state index in [1.807, 2.05) is 0 Å². The summed E-state index contributed by atoms with van der Waals surface area (Å²) in [6.07, 6.45) is 0. The number of nitrogen functional groups attached to an aromatic ring is 2. The Balaban J connectivity index is 2.29. The van der Waals surface area contributed by atoms with Crippen LogP contribution in [0.15, 0.2) is 35.7 Å². The van der Waals surface area contributed by atoms with Crippen molar-refractivity contribution in [2.24, 2.45) is 5.73 Å². The van der Waals surface area contributed by atoms with E-state index in [2.05, 4.69) is 6.07 Å². The maximum absolute atomic E-state index is 9.63. The summed E-state index contributed by atoms with van der Waals surface area (Å²) in [5, 5.41) is 9.97. The Morgan fingerprint density at radius 2 is 1.88 bits per heavy atom. The number of rotatable bonds is 3. The van der Waals surface area contributed by atoms with E-state index in [-0.39, 0.29) is 17.1 Å². The number of benzene rings is 2. The van der Waals surface area contributed by atoms with Gasteiger partial charge in [-0.25, -0.2) is 0 Å². The highest BCUT2D eigenvalue weighted by molar-refractivity contribution is 6.32. The van der Waals surface area contributed by atoms with Crippen molar-refractivity contribution >= 4 is 23.0 Å². The summed E-state index contributed by atoms with van der Waals surface area (Å²) in [5.41, 5.74) is 20.1. The largest absolute Gasteiger partial charge is 0.493 e. The summed E-state index contributed by atoms with van der Waals surface area (Å²) < 4.78 is 16.2. The number of ether oxygens (including phenoxy) is 3. The summed E-state index contributed by atoms with van der Waals surface area (Å²) in [7, 11) is 3.00. The quantitative estimate of drug-likeness (QED) is 0.706. The summed E-state index contributed by atoms with van der Waals surface area (Å²) in [6, 6.07) is 8.94. The smallest absolute Gasteiger partial charge is 0.205 e. The van der Waals surface area contributed by atoms with Gasteiger partial charge in [-0.3, -0.25) is 0 Å². The number of anilines is 2. The molecule has 0 saturated carbocycles. The summed E-state index contributed by atoms with van der Waals surface area (Å²) in [4.78, 5) is 0. The van der Waals surface area contributed by atoms with Gasteiger partial charge >= 0.3 is 0 Å². The number of nitrogens with two attached hydrogens (primary N) is 3. The van der Waals surface area contributed by atoms with Crippen LogP contribution >= 0.6 is 11.6 Å². The van der Waals surface area contributed by atoms with Gasteiger partial charge < -0.3 is 31.4 Å². The minimum absolute atomic E-state index is 0.0341. The lowest BCUT2D eigenvalue weighted by atomic mass is 9.83. The highest BCUT2D eigenvalue weighted by atomic mass is 35.5. The molecule has 1 aliphatic heterocycles. The molecule has 134 valence electrons. The second-order valence-corrected chi connectivity index (χ2v) is 6.06. The minimum atomic E-state index is -0.538. The minimum Gasteiger partial charge on any atom is -0.493 e. The van der Waals surface area contributed by atoms with Crippen LogP contribution in [0.5, 0.6) is 17.2 Å². The fourth-order valence-electron chi connectivity index (χ4n) is 3.01. The van der Waals surface area contributed by atoms with E-state index >= 15 is 0 Å². The first kappa shape index (κ1) is 17.6. The van der Waals surface area contributed by atoms with Crippen molar-refractivity contribution in [1.82, 2.24) is 0 Å². The van der Waals surface area contributed by atoms with E-state index in [4.69, 9.17) is 43.0 Å². The molecule has 3 rings (SSSR count). The first-order chi connectivity index (χ1) is 12.4. The monoisotopic (exact) mass is 372 g/mol. The molecular formula is C18H17ClN4O3. The first-order valence-corrected chi connectivity index (χ1v) is 7.97. The van der Waals surface area contributed by atoms with Crippen LogP contribution in [0.4, 0.5) is 11.4 Å². The molecule has 0 bridgehead atoms. The van der Waals surface area contributed by atoms with Gasteiger partial charge in [-0.2, -0.15) is 5.26 Å². The lowest BCUT2D eigenvalue weighted by Gasteiger charge is -2.28. The highest BCUT2D eigenvalue weighted by Crippen LogP contribution is 2.48. The number of nitriles is 1. The molecule has 1 unspecified atom stereocenters. The second-order valence-electron chi connectivity index (χ2n) is 5.65. The van der Waals surface area contributed by atoms with E-state index in [0.29, 0.717) is 39.1 Å². The molecule has 0 radical (unpaired) electrons. The molecule has 2 aromatic rings. The number of allylic oxidation sites excluding steroid dienone is 1. The van der Waals surface area contributed by atoms with Gasteiger partial charge in [0.2, 0.25) is 5.88 Å². The van der Waals surface area contributed by atoms with Crippen molar-refractivity contribution in [2.45, 2.75) is 5.92 Å². The lowest BCUT2D eigenvalue weighted by Crippen LogP contribution is -2.22. The summed E-state index contributed by atoms with van der Waals surface area (Å²) in [5.74, 6) is 0.592. The molecule has 0 aromatic heterocycles. The van der Waals surface area contributed by atoms with E-state index in [1.54, 1.807) is 24.3 Å². The predicted molar refractivity (Wildman–Crippen MR) is 99.1 cm³/mol. The Morgan fingerprint density at radius 3 is 2.50 bits per heavy atom. The van der Waals surface area contributed by atoms with Crippen LogP contribution in [0.3, 0.4) is 0 Å². The highest BCUT2D eigenvalue weighted by Gasteiger charge is 2.33. The molecule has 0 aliphatic carbocycles. The van der Waals surface area contributed by atoms with Crippen molar-refractivity contribution < 1.29 is 14.2 Å². The molecular weight excluding hydrogens is 356 g/mol. The average Bonchev–Trinajstić information content (AvgIpc) is 2.63. The molecule has 2 aromatic carbocycles. The number of hydrogen-bond acceptors (Lipinski definition) is 7. The molecule has 1 atom stereocenters. The van der Waals surface area contributed by atoms with E-state index in [0.717, 1.165) is 0 Å². The van der Waals surface area contributed by atoms with Crippen LogP contribution in [0.1, 0.15) is 17.0 Å². The molecule has 0 amide bonds. The fourth-order valence-corrected chi connectivity index (χ4v) is 3.30. The third-order valence-corrected chi connectivity index (χ3v) is 4.53. The van der Waals surface area contributed by atoms with Crippen molar-refractivity contribution in [3.05, 3.63) is 51.9 Å². The molecule has 0 fully saturated rings. The van der Waals surface area contributed by atoms with E-state index < -0.39 is 5.92 Å². The standard InChI is InChI=1S/C18H17ClN4O3/c1-24-13-6-8(5-11(19)17(13)25-2)14-9-3-4-12(21)15(22)16(9)26-18(23)10(14)7-20/h3-6,14H,21-23H2,1-2H3. The zero-order valence-corrected chi connectivity index (χ0v) is 14.9. The normalized spacial score (nSPS) is 15.7. The van der Waals surface area contributed by atoms with Crippen LogP contribution in [-0.4, -0.2) is 14.2 Å². The zero-order chi connectivity index (χ0) is 19.0. The Morgan fingerprint density at radius 1 is 1.15 bits per heavy atom. The van der Waals surface area contributed by atoms with Gasteiger partial charge in [0.05, 0.1) is 36.5 Å². The molecule has 0 spiro atoms. The molecule has 8 heteroatoms. The Labute approximate surface area is 155 Å². The van der Waals surface area contributed by atoms with Gasteiger partial charge in [0.1, 0.15) is 11.6 Å². The molecule has 0 saturated heterocycles. The SMILES string of the molecule is COc1cc(C2C(C#N)=C(N)Oc3c2ccc(N)c3N)cc(Cl)c1OC. The first-order valence-electron chi connectivity index (χ1n) is 7.59. The molecule has 7 nitrogen and oxygen atoms in total. The zero-order valence-electron chi connectivity index (χ0n) is 14.2. The van der Waals surface area contributed by atoms with Crippen molar-refractivity contribution in [3.63, 3.8) is 0 Å². The lowest BCUT2D eigenvalue weighted by molar-refractivity contribution is 0.354. The van der Waals surface area contributed by atoms with E-state index in [1.165, 1.54) is 14.2 Å². The number of nitrogens with zero attached hydrogens (tertiary/aromatic N) is 1. The van der Waals surface area contributed by atoms with Gasteiger partial charge in [0.25, 0.3) is 0 Å². The topological polar surface area (TPSA) is 130 Å². The second kappa shape index (κ2) is 6.58. The average molecular weight is 373 g/mol. The fraction of sp³-hybridized carbons (Fsp3) is 0.167. The Kier molecular flexibility index (Phi) is 4.45. The summed E-state index contributed by atoms with van der Waals surface area (Å²) in [6.45, 7) is 0. The molecule has 26 heavy (non-hydrogen) atoms. The summed E-state index contributed by atoms with van der Waals surface area (Å²) >= 11 is 6.33. The van der Waals surface area contributed by atoms with Gasteiger partial charge in [-0.05, 0) is 23.8 Å². The van der Waals surface area contributed by atoms with Crippen molar-refractivity contribution in [1.29, 1.82) is 5.26 Å². The molecule has 1 heterocycles. The van der Waals surface area contributed by atoms with Crippen LogP contribution in [0.2, 0.25) is 5.02 Å². The molecule has 1 aliphatic rings. The third kappa shape index (κ3) is 2.61. The van der Waals surface area contributed by atoms with Crippen molar-refractivity contribution in [3.8, 4) is 23.3 Å². The van der Waals surface area contributed by atoms with Gasteiger partial charge in [0, 0.05) is 5.56 Å². The third-order valence-electron chi connectivity index (χ3n) is 4.25. The van der Waals surface area contributed by atoms with Crippen LogP contribution in [0, 0.1) is 11.3 Å². The Hall–Kier alpha value is -3.24. The van der Waals surface area contributed by atoms with Crippen LogP contribution in [0.25, 0.3) is 0 Å². The van der Waals surface area contributed by atoms with Gasteiger partial charge in [-0.1, -0.05) is 17.7 Å². The van der Waals surface area contributed by atoms with Gasteiger partial charge in [0.15, 0.2) is 17.2 Å². The van der Waals surface area contributed by atoms with Crippen molar-refractivity contribution in [2.75, 3.05) is 25.7 Å². The maximum Gasteiger partial charge on any atom is 0.205 e. The number of methoxy groups -OCH3 is 2. The number of fused-ring (bicyclic) bond motifs is 1. The number of hydrogen-bond donors (Lipinski definition) is 3. The number of halogens is 1. The van der Waals surface area contributed by atoms with Crippen LogP contribution < -0.4 is 31.4 Å². The maximum atomic E-state index is 9.63. The van der Waals surface area contributed by atoms with E-state index in [9.17, 15) is 5.26 Å². The van der Waals surface area contributed by atoms with Gasteiger partial charge in [-0.15, -0.1) is 0 Å². The predicted octanol–water partition coefficient (Wildman–Crippen LogP) is 2.74. The molecule has 6 N–H and O–H groups in total. The Bertz CT molecular complexity index is 966. The van der Waals surface area contributed by atoms with Crippen LogP contribution in [-0.2, 0) is 0 Å².